The van der Waals surface area contributed by atoms with Gasteiger partial charge in [-0.05, 0) is 38.4 Å². The van der Waals surface area contributed by atoms with Crippen LogP contribution in [0.2, 0.25) is 0 Å². The lowest BCUT2D eigenvalue weighted by atomic mass is 10.2. The van der Waals surface area contributed by atoms with E-state index in [2.05, 4.69) is 5.32 Å². The molecule has 3 heteroatoms. The molecule has 2 rings (SSSR count). The van der Waals surface area contributed by atoms with Gasteiger partial charge in [-0.25, -0.2) is 0 Å². The summed E-state index contributed by atoms with van der Waals surface area (Å²) in [5.41, 5.74) is 0. The average molecular weight is 195 g/mol. The van der Waals surface area contributed by atoms with Gasteiger partial charge in [-0.3, -0.25) is 0 Å². The largest absolute Gasteiger partial charge is 0.464 e. The summed E-state index contributed by atoms with van der Waals surface area (Å²) in [6.07, 6.45) is 2.51. The molecule has 1 unspecified atom stereocenters. The van der Waals surface area contributed by atoms with E-state index in [1.165, 1.54) is 12.8 Å². The molecule has 0 aromatic carbocycles. The molecule has 78 valence electrons. The Morgan fingerprint density at radius 3 is 3.14 bits per heavy atom. The van der Waals surface area contributed by atoms with E-state index < -0.39 is 0 Å². The number of aryl methyl sites for hydroxylation is 1. The maximum absolute atomic E-state index is 5.56. The highest BCUT2D eigenvalue weighted by atomic mass is 16.5. The van der Waals surface area contributed by atoms with Crippen LogP contribution in [0.1, 0.15) is 24.4 Å². The molecule has 1 atom stereocenters. The Labute approximate surface area is 84.4 Å². The predicted octanol–water partition coefficient (Wildman–Crippen LogP) is 1.86. The summed E-state index contributed by atoms with van der Waals surface area (Å²) in [5, 5.41) is 3.39. The lowest BCUT2D eigenvalue weighted by Crippen LogP contribution is -2.26. The zero-order chi connectivity index (χ0) is 9.80. The minimum Gasteiger partial charge on any atom is -0.464 e. The van der Waals surface area contributed by atoms with Crippen LogP contribution in [0.5, 0.6) is 0 Å². The number of hydrogen-bond acceptors (Lipinski definition) is 3. The van der Waals surface area contributed by atoms with E-state index in [1.54, 1.807) is 0 Å². The van der Waals surface area contributed by atoms with Gasteiger partial charge >= 0.3 is 0 Å². The van der Waals surface area contributed by atoms with E-state index in [1.807, 2.05) is 19.1 Å². The third kappa shape index (κ3) is 2.59. The van der Waals surface area contributed by atoms with Crippen LogP contribution in [0.4, 0.5) is 0 Å². The topological polar surface area (TPSA) is 34.4 Å². The zero-order valence-corrected chi connectivity index (χ0v) is 8.58. The second-order valence-corrected chi connectivity index (χ2v) is 3.82. The summed E-state index contributed by atoms with van der Waals surface area (Å²) in [6.45, 7) is 4.46. The first kappa shape index (κ1) is 9.74. The number of furan rings is 1. The average Bonchev–Trinajstić information content (AvgIpc) is 2.77. The maximum atomic E-state index is 5.56. The van der Waals surface area contributed by atoms with Crippen LogP contribution in [0.25, 0.3) is 0 Å². The standard InChI is InChI=1S/C11H17NO2/c1-9-4-5-11(14-9)8-13-7-10-3-2-6-12-10/h4-5,10,12H,2-3,6-8H2,1H3. The third-order valence-corrected chi connectivity index (χ3v) is 2.52. The van der Waals surface area contributed by atoms with Gasteiger partial charge in [0.1, 0.15) is 18.1 Å². The van der Waals surface area contributed by atoms with Crippen LogP contribution in [-0.2, 0) is 11.3 Å². The monoisotopic (exact) mass is 195 g/mol. The highest BCUT2D eigenvalue weighted by molar-refractivity contribution is 5.04. The molecule has 1 aromatic rings. The van der Waals surface area contributed by atoms with Crippen molar-refractivity contribution in [1.82, 2.24) is 5.32 Å². The maximum Gasteiger partial charge on any atom is 0.129 e. The van der Waals surface area contributed by atoms with E-state index >= 15 is 0 Å². The Bertz CT molecular complexity index is 277. The highest BCUT2D eigenvalue weighted by Gasteiger charge is 2.13. The van der Waals surface area contributed by atoms with Crippen LogP contribution in [-0.4, -0.2) is 19.2 Å². The Morgan fingerprint density at radius 2 is 2.50 bits per heavy atom. The molecule has 1 saturated heterocycles. The summed E-state index contributed by atoms with van der Waals surface area (Å²) in [7, 11) is 0. The lowest BCUT2D eigenvalue weighted by Gasteiger charge is -2.09. The van der Waals surface area contributed by atoms with Crippen molar-refractivity contribution in [2.45, 2.75) is 32.4 Å². The quantitative estimate of drug-likeness (QED) is 0.796. The van der Waals surface area contributed by atoms with Crippen LogP contribution < -0.4 is 5.32 Å². The van der Waals surface area contributed by atoms with Crippen molar-refractivity contribution in [3.63, 3.8) is 0 Å². The Balaban J connectivity index is 1.67. The third-order valence-electron chi connectivity index (χ3n) is 2.52. The SMILES string of the molecule is Cc1ccc(COCC2CCCN2)o1. The lowest BCUT2D eigenvalue weighted by molar-refractivity contribution is 0.0899. The molecule has 1 aliphatic heterocycles. The number of nitrogens with one attached hydrogen (secondary N) is 1. The van der Waals surface area contributed by atoms with Crippen molar-refractivity contribution in [3.05, 3.63) is 23.7 Å². The fourth-order valence-corrected chi connectivity index (χ4v) is 1.76. The van der Waals surface area contributed by atoms with Gasteiger partial charge in [-0.1, -0.05) is 0 Å². The minimum atomic E-state index is 0.547. The Kier molecular flexibility index (Phi) is 3.22. The van der Waals surface area contributed by atoms with Gasteiger partial charge in [0.05, 0.1) is 6.61 Å². The van der Waals surface area contributed by atoms with Crippen molar-refractivity contribution in [3.8, 4) is 0 Å². The first-order valence-corrected chi connectivity index (χ1v) is 5.21. The Morgan fingerprint density at radius 1 is 1.57 bits per heavy atom. The van der Waals surface area contributed by atoms with Gasteiger partial charge in [0.2, 0.25) is 0 Å². The first-order chi connectivity index (χ1) is 6.84. The molecule has 14 heavy (non-hydrogen) atoms. The van der Waals surface area contributed by atoms with Gasteiger partial charge in [0.25, 0.3) is 0 Å². The normalized spacial score (nSPS) is 21.6. The number of ether oxygens (including phenoxy) is 1. The van der Waals surface area contributed by atoms with Crippen molar-refractivity contribution >= 4 is 0 Å². The van der Waals surface area contributed by atoms with Gasteiger partial charge in [0.15, 0.2) is 0 Å². The van der Waals surface area contributed by atoms with Crippen molar-refractivity contribution in [1.29, 1.82) is 0 Å². The molecule has 0 spiro atoms. The van der Waals surface area contributed by atoms with Gasteiger partial charge < -0.3 is 14.5 Å². The van der Waals surface area contributed by atoms with E-state index in [9.17, 15) is 0 Å². The molecule has 1 fully saturated rings. The molecule has 3 nitrogen and oxygen atoms in total. The van der Waals surface area contributed by atoms with Crippen molar-refractivity contribution in [2.75, 3.05) is 13.2 Å². The summed E-state index contributed by atoms with van der Waals surface area (Å²) in [6, 6.07) is 4.48. The molecule has 1 aromatic heterocycles. The van der Waals surface area contributed by atoms with Crippen LogP contribution in [0, 0.1) is 6.92 Å². The molecular formula is C11H17NO2. The molecule has 0 aliphatic carbocycles. The zero-order valence-electron chi connectivity index (χ0n) is 8.58. The second kappa shape index (κ2) is 4.62. The van der Waals surface area contributed by atoms with Crippen LogP contribution >= 0.6 is 0 Å². The van der Waals surface area contributed by atoms with Gasteiger partial charge in [0, 0.05) is 6.04 Å². The first-order valence-electron chi connectivity index (χ1n) is 5.21. The summed E-state index contributed by atoms with van der Waals surface area (Å²) in [4.78, 5) is 0. The molecule has 0 amide bonds. The van der Waals surface area contributed by atoms with Gasteiger partial charge in [-0.15, -0.1) is 0 Å². The van der Waals surface area contributed by atoms with E-state index in [0.717, 1.165) is 24.7 Å². The van der Waals surface area contributed by atoms with E-state index in [-0.39, 0.29) is 0 Å². The number of rotatable bonds is 4. The van der Waals surface area contributed by atoms with E-state index in [4.69, 9.17) is 9.15 Å². The van der Waals surface area contributed by atoms with E-state index in [0.29, 0.717) is 12.6 Å². The fraction of sp³-hybridized carbons (Fsp3) is 0.636. The molecule has 1 N–H and O–H groups in total. The number of hydrogen-bond donors (Lipinski definition) is 1. The molecule has 1 aliphatic rings. The van der Waals surface area contributed by atoms with Crippen LogP contribution in [0.3, 0.4) is 0 Å². The summed E-state index contributed by atoms with van der Waals surface area (Å²) < 4.78 is 11.0. The summed E-state index contributed by atoms with van der Waals surface area (Å²) >= 11 is 0. The molecular weight excluding hydrogens is 178 g/mol. The Hall–Kier alpha value is -0.800. The van der Waals surface area contributed by atoms with Crippen molar-refractivity contribution < 1.29 is 9.15 Å². The van der Waals surface area contributed by atoms with Crippen molar-refractivity contribution in [2.24, 2.45) is 0 Å². The fourth-order valence-electron chi connectivity index (χ4n) is 1.76. The van der Waals surface area contributed by atoms with Crippen LogP contribution in [0.15, 0.2) is 16.5 Å². The predicted molar refractivity (Wildman–Crippen MR) is 54.1 cm³/mol. The minimum absolute atomic E-state index is 0.547. The smallest absolute Gasteiger partial charge is 0.129 e. The molecule has 0 bridgehead atoms. The highest BCUT2D eigenvalue weighted by Crippen LogP contribution is 2.09. The molecule has 0 radical (unpaired) electrons. The van der Waals surface area contributed by atoms with Gasteiger partial charge in [-0.2, -0.15) is 0 Å². The second-order valence-electron chi connectivity index (χ2n) is 3.82. The molecule has 2 heterocycles. The summed E-state index contributed by atoms with van der Waals surface area (Å²) in [5.74, 6) is 1.86. The molecule has 0 saturated carbocycles.